The molecule has 2 heteroatoms. The zero-order valence-electron chi connectivity index (χ0n) is 10.4. The summed E-state index contributed by atoms with van der Waals surface area (Å²) in [5.74, 6) is 0.730. The van der Waals surface area contributed by atoms with Crippen LogP contribution in [0, 0.1) is 5.92 Å². The molecule has 88 valence electrons. The molecule has 0 aliphatic carbocycles. The van der Waals surface area contributed by atoms with Crippen molar-refractivity contribution in [1.29, 1.82) is 0 Å². The van der Waals surface area contributed by atoms with E-state index in [0.29, 0.717) is 0 Å². The van der Waals surface area contributed by atoms with E-state index in [9.17, 15) is 0 Å². The Labute approximate surface area is 98.7 Å². The Bertz CT molecular complexity index is 318. The Morgan fingerprint density at radius 1 is 1.31 bits per heavy atom. The first kappa shape index (κ1) is 11.5. The fourth-order valence-electron chi connectivity index (χ4n) is 2.27. The molecule has 0 radical (unpaired) electrons. The first-order chi connectivity index (χ1) is 7.79. The molecule has 0 aromatic heterocycles. The minimum Gasteiger partial charge on any atom is -0.370 e. The molecular formula is C14H22N2. The Hall–Kier alpha value is -1.02. The predicted molar refractivity (Wildman–Crippen MR) is 70.1 cm³/mol. The third-order valence-corrected chi connectivity index (χ3v) is 3.29. The molecule has 1 saturated heterocycles. The first-order valence-electron chi connectivity index (χ1n) is 6.34. The van der Waals surface area contributed by atoms with Crippen LogP contribution in [0.25, 0.3) is 0 Å². The van der Waals surface area contributed by atoms with Gasteiger partial charge in [-0.1, -0.05) is 26.0 Å². The highest BCUT2D eigenvalue weighted by atomic mass is 15.2. The van der Waals surface area contributed by atoms with E-state index in [1.54, 1.807) is 0 Å². The minimum atomic E-state index is 0.730. The zero-order valence-corrected chi connectivity index (χ0v) is 10.4. The highest BCUT2D eigenvalue weighted by Crippen LogP contribution is 2.17. The summed E-state index contributed by atoms with van der Waals surface area (Å²) in [5.41, 5.74) is 2.79. The summed E-state index contributed by atoms with van der Waals surface area (Å²) in [4.78, 5) is 2.49. The van der Waals surface area contributed by atoms with Crippen LogP contribution in [0.5, 0.6) is 0 Å². The average molecular weight is 218 g/mol. The van der Waals surface area contributed by atoms with Crippen LogP contribution in [0.15, 0.2) is 24.3 Å². The maximum Gasteiger partial charge on any atom is 0.0366 e. The van der Waals surface area contributed by atoms with Crippen molar-refractivity contribution in [2.75, 3.05) is 31.1 Å². The second-order valence-corrected chi connectivity index (χ2v) is 4.78. The highest BCUT2D eigenvalue weighted by Gasteiger charge is 2.14. The fourth-order valence-corrected chi connectivity index (χ4v) is 2.27. The van der Waals surface area contributed by atoms with Gasteiger partial charge in [-0.15, -0.1) is 0 Å². The summed E-state index contributed by atoms with van der Waals surface area (Å²) in [6, 6.07) is 9.02. The number of anilines is 1. The van der Waals surface area contributed by atoms with Crippen LogP contribution in [0.4, 0.5) is 5.69 Å². The molecule has 1 aliphatic rings. The standard InChI is InChI=1S/C14H22N2/c1-3-13-4-6-14(7-5-13)16-9-8-15-10-12(2)11-16/h4-7,12,15H,3,8-11H2,1-2H3. The monoisotopic (exact) mass is 218 g/mol. The maximum atomic E-state index is 3.48. The van der Waals surface area contributed by atoms with Crippen LogP contribution in [0.2, 0.25) is 0 Å². The quantitative estimate of drug-likeness (QED) is 0.819. The van der Waals surface area contributed by atoms with Crippen molar-refractivity contribution in [3.63, 3.8) is 0 Å². The normalized spacial score (nSPS) is 21.9. The second kappa shape index (κ2) is 5.35. The summed E-state index contributed by atoms with van der Waals surface area (Å²) in [6.07, 6.45) is 1.12. The van der Waals surface area contributed by atoms with E-state index in [1.807, 2.05) is 0 Å². The van der Waals surface area contributed by atoms with E-state index in [2.05, 4.69) is 48.3 Å². The summed E-state index contributed by atoms with van der Waals surface area (Å²) in [7, 11) is 0. The maximum absolute atomic E-state index is 3.48. The molecule has 1 heterocycles. The van der Waals surface area contributed by atoms with E-state index in [0.717, 1.165) is 32.0 Å². The molecule has 2 rings (SSSR count). The van der Waals surface area contributed by atoms with Crippen molar-refractivity contribution in [3.05, 3.63) is 29.8 Å². The van der Waals surface area contributed by atoms with Gasteiger partial charge in [0, 0.05) is 25.3 Å². The Kier molecular flexibility index (Phi) is 3.83. The van der Waals surface area contributed by atoms with E-state index < -0.39 is 0 Å². The number of hydrogen-bond acceptors (Lipinski definition) is 2. The summed E-state index contributed by atoms with van der Waals surface area (Å²) in [5, 5.41) is 3.48. The SMILES string of the molecule is CCc1ccc(N2CCNCC(C)C2)cc1. The number of nitrogens with one attached hydrogen (secondary N) is 1. The molecule has 0 amide bonds. The van der Waals surface area contributed by atoms with Crippen molar-refractivity contribution >= 4 is 5.69 Å². The van der Waals surface area contributed by atoms with E-state index >= 15 is 0 Å². The Morgan fingerprint density at radius 2 is 2.06 bits per heavy atom. The first-order valence-corrected chi connectivity index (χ1v) is 6.34. The van der Waals surface area contributed by atoms with Crippen LogP contribution in [-0.2, 0) is 6.42 Å². The molecule has 1 aromatic carbocycles. The van der Waals surface area contributed by atoms with Crippen molar-refractivity contribution in [3.8, 4) is 0 Å². The van der Waals surface area contributed by atoms with Gasteiger partial charge in [-0.25, -0.2) is 0 Å². The number of rotatable bonds is 2. The van der Waals surface area contributed by atoms with Gasteiger partial charge in [0.05, 0.1) is 0 Å². The lowest BCUT2D eigenvalue weighted by Crippen LogP contribution is -2.29. The molecule has 1 N–H and O–H groups in total. The molecule has 1 aromatic rings. The molecule has 1 fully saturated rings. The van der Waals surface area contributed by atoms with Gasteiger partial charge in [-0.05, 0) is 36.6 Å². The predicted octanol–water partition coefficient (Wildman–Crippen LogP) is 2.29. The topological polar surface area (TPSA) is 15.3 Å². The van der Waals surface area contributed by atoms with Crippen LogP contribution < -0.4 is 10.2 Å². The number of benzene rings is 1. The van der Waals surface area contributed by atoms with E-state index in [1.165, 1.54) is 17.8 Å². The van der Waals surface area contributed by atoms with Crippen LogP contribution >= 0.6 is 0 Å². The summed E-state index contributed by atoms with van der Waals surface area (Å²) >= 11 is 0. The largest absolute Gasteiger partial charge is 0.370 e. The summed E-state index contributed by atoms with van der Waals surface area (Å²) < 4.78 is 0. The number of hydrogen-bond donors (Lipinski definition) is 1. The van der Waals surface area contributed by atoms with Gasteiger partial charge in [-0.2, -0.15) is 0 Å². The number of aryl methyl sites for hydroxylation is 1. The Morgan fingerprint density at radius 3 is 2.75 bits per heavy atom. The van der Waals surface area contributed by atoms with Crippen LogP contribution in [-0.4, -0.2) is 26.2 Å². The molecule has 1 unspecified atom stereocenters. The molecule has 0 bridgehead atoms. The average Bonchev–Trinajstić information content (AvgIpc) is 2.54. The highest BCUT2D eigenvalue weighted by molar-refractivity contribution is 5.47. The summed E-state index contributed by atoms with van der Waals surface area (Å²) in [6.45, 7) is 9.04. The Balaban J connectivity index is 2.09. The molecule has 1 atom stereocenters. The minimum absolute atomic E-state index is 0.730. The van der Waals surface area contributed by atoms with Gasteiger partial charge in [0.2, 0.25) is 0 Å². The lowest BCUT2D eigenvalue weighted by atomic mass is 10.1. The van der Waals surface area contributed by atoms with Crippen LogP contribution in [0.3, 0.4) is 0 Å². The van der Waals surface area contributed by atoms with Crippen molar-refractivity contribution in [2.24, 2.45) is 5.92 Å². The van der Waals surface area contributed by atoms with Gasteiger partial charge >= 0.3 is 0 Å². The lowest BCUT2D eigenvalue weighted by Gasteiger charge is -2.24. The molecule has 0 spiro atoms. The van der Waals surface area contributed by atoms with Crippen molar-refractivity contribution < 1.29 is 0 Å². The lowest BCUT2D eigenvalue weighted by molar-refractivity contribution is 0.564. The molecular weight excluding hydrogens is 196 g/mol. The zero-order chi connectivity index (χ0) is 11.4. The van der Waals surface area contributed by atoms with Gasteiger partial charge in [0.1, 0.15) is 0 Å². The molecule has 2 nitrogen and oxygen atoms in total. The van der Waals surface area contributed by atoms with E-state index in [-0.39, 0.29) is 0 Å². The van der Waals surface area contributed by atoms with Crippen molar-refractivity contribution in [1.82, 2.24) is 5.32 Å². The molecule has 16 heavy (non-hydrogen) atoms. The van der Waals surface area contributed by atoms with E-state index in [4.69, 9.17) is 0 Å². The van der Waals surface area contributed by atoms with Gasteiger partial charge in [0.15, 0.2) is 0 Å². The van der Waals surface area contributed by atoms with Gasteiger partial charge < -0.3 is 10.2 Å². The molecule has 0 saturated carbocycles. The second-order valence-electron chi connectivity index (χ2n) is 4.78. The number of nitrogens with zero attached hydrogens (tertiary/aromatic N) is 1. The van der Waals surface area contributed by atoms with Crippen molar-refractivity contribution in [2.45, 2.75) is 20.3 Å². The third-order valence-electron chi connectivity index (χ3n) is 3.29. The van der Waals surface area contributed by atoms with Crippen LogP contribution in [0.1, 0.15) is 19.4 Å². The van der Waals surface area contributed by atoms with Gasteiger partial charge in [0.25, 0.3) is 0 Å². The third kappa shape index (κ3) is 2.76. The fraction of sp³-hybridized carbons (Fsp3) is 0.571. The smallest absolute Gasteiger partial charge is 0.0366 e. The van der Waals surface area contributed by atoms with Gasteiger partial charge in [-0.3, -0.25) is 0 Å². The molecule has 1 aliphatic heterocycles.